The SMILES string of the molecule is CN(C)Cc1ccc(C=Cc2n[nH]c3cc(C4C[C@@]45C(=O)Nc4ccc(OC(F)F)cc45)ccc23)cc1. The third-order valence-electron chi connectivity index (χ3n) is 7.24. The normalized spacial score (nSPS) is 20.4. The van der Waals surface area contributed by atoms with Gasteiger partial charge in [0.05, 0.1) is 16.6 Å². The molecule has 6 nitrogen and oxygen atoms in total. The number of carbonyl (C=O) groups is 1. The Kier molecular flexibility index (Phi) is 5.56. The Morgan fingerprint density at radius 3 is 2.68 bits per heavy atom. The van der Waals surface area contributed by atoms with E-state index in [1.54, 1.807) is 12.1 Å². The largest absolute Gasteiger partial charge is 0.435 e. The fourth-order valence-electron chi connectivity index (χ4n) is 5.42. The van der Waals surface area contributed by atoms with Crippen LogP contribution in [0.4, 0.5) is 14.5 Å². The standard InChI is InChI=1S/C29H26F2N4O2/c1-35(2)16-18-5-3-17(4-6-18)7-11-24-21-10-8-19(13-26(21)34-33-24)23-15-29(23)22-14-20(37-28(30)31)9-12-25(22)32-27(29)36/h3-14,23,28H,15-16H2,1-2H3,(H,32,36)(H,33,34)/t23?,29-/m0/s1. The summed E-state index contributed by atoms with van der Waals surface area (Å²) in [5, 5.41) is 11.5. The molecule has 1 aromatic heterocycles. The van der Waals surface area contributed by atoms with Gasteiger partial charge in [0.1, 0.15) is 5.75 Å². The second-order valence-electron chi connectivity index (χ2n) is 9.99. The van der Waals surface area contributed by atoms with E-state index in [1.165, 1.54) is 11.6 Å². The van der Waals surface area contributed by atoms with Crippen LogP contribution in [0.3, 0.4) is 0 Å². The Balaban J connectivity index is 1.23. The smallest absolute Gasteiger partial charge is 0.387 e. The summed E-state index contributed by atoms with van der Waals surface area (Å²) in [5.41, 5.74) is 5.68. The zero-order chi connectivity index (χ0) is 25.7. The summed E-state index contributed by atoms with van der Waals surface area (Å²) in [4.78, 5) is 15.1. The number of amides is 1. The number of hydrogen-bond donors (Lipinski definition) is 2. The van der Waals surface area contributed by atoms with Gasteiger partial charge in [-0.05, 0) is 73.1 Å². The molecule has 1 aliphatic carbocycles. The van der Waals surface area contributed by atoms with Crippen molar-refractivity contribution in [2.45, 2.75) is 30.9 Å². The monoisotopic (exact) mass is 500 g/mol. The molecular weight excluding hydrogens is 474 g/mol. The van der Waals surface area contributed by atoms with E-state index in [1.807, 2.05) is 44.4 Å². The maximum Gasteiger partial charge on any atom is 0.387 e. The van der Waals surface area contributed by atoms with Crippen molar-refractivity contribution in [1.29, 1.82) is 0 Å². The van der Waals surface area contributed by atoms with E-state index in [4.69, 9.17) is 0 Å². The molecule has 1 unspecified atom stereocenters. The quantitative estimate of drug-likeness (QED) is 0.338. The summed E-state index contributed by atoms with van der Waals surface area (Å²) >= 11 is 0. The van der Waals surface area contributed by atoms with Gasteiger partial charge >= 0.3 is 6.61 Å². The Hall–Kier alpha value is -4.04. The van der Waals surface area contributed by atoms with Crippen LogP contribution < -0.4 is 10.1 Å². The number of anilines is 1. The van der Waals surface area contributed by atoms with Crippen molar-refractivity contribution in [2.75, 3.05) is 19.4 Å². The number of benzene rings is 3. The predicted octanol–water partition coefficient (Wildman–Crippen LogP) is 5.77. The second-order valence-corrected chi connectivity index (χ2v) is 9.99. The first kappa shape index (κ1) is 23.4. The van der Waals surface area contributed by atoms with Gasteiger partial charge in [0.25, 0.3) is 0 Å². The van der Waals surface area contributed by atoms with E-state index in [9.17, 15) is 13.6 Å². The number of aromatic amines is 1. The van der Waals surface area contributed by atoms with Gasteiger partial charge in [0.2, 0.25) is 5.91 Å². The minimum atomic E-state index is -2.91. The minimum Gasteiger partial charge on any atom is -0.435 e. The van der Waals surface area contributed by atoms with Gasteiger partial charge in [0.15, 0.2) is 0 Å². The Bertz CT molecular complexity index is 1530. The van der Waals surface area contributed by atoms with Crippen molar-refractivity contribution in [2.24, 2.45) is 0 Å². The lowest BCUT2D eigenvalue weighted by Crippen LogP contribution is -2.21. The van der Waals surface area contributed by atoms with Gasteiger partial charge in [-0.3, -0.25) is 9.89 Å². The third-order valence-corrected chi connectivity index (χ3v) is 7.24. The minimum absolute atomic E-state index is 0.0528. The molecule has 2 heterocycles. The molecule has 8 heteroatoms. The Morgan fingerprint density at radius 2 is 1.92 bits per heavy atom. The Morgan fingerprint density at radius 1 is 1.11 bits per heavy atom. The first-order valence-corrected chi connectivity index (χ1v) is 12.1. The van der Waals surface area contributed by atoms with Crippen LogP contribution in [-0.2, 0) is 16.8 Å². The van der Waals surface area contributed by atoms with Crippen molar-refractivity contribution >= 4 is 34.6 Å². The molecule has 1 saturated carbocycles. The first-order valence-electron chi connectivity index (χ1n) is 12.1. The summed E-state index contributed by atoms with van der Waals surface area (Å²) in [6, 6.07) is 19.1. The fraction of sp³-hybridized carbons (Fsp3) is 0.241. The summed E-state index contributed by atoms with van der Waals surface area (Å²) in [5.74, 6) is -0.0994. The van der Waals surface area contributed by atoms with Crippen LogP contribution in [0.1, 0.15) is 40.3 Å². The number of halogens is 2. The molecule has 2 N–H and O–H groups in total. The van der Waals surface area contributed by atoms with Crippen molar-refractivity contribution in [3.8, 4) is 5.75 Å². The number of rotatable bonds is 7. The highest BCUT2D eigenvalue weighted by Gasteiger charge is 2.65. The molecule has 0 radical (unpaired) electrons. The van der Waals surface area contributed by atoms with Crippen molar-refractivity contribution in [3.05, 3.63) is 88.6 Å². The second kappa shape index (κ2) is 8.81. The van der Waals surface area contributed by atoms with Crippen LogP contribution in [0, 0.1) is 0 Å². The van der Waals surface area contributed by atoms with E-state index in [-0.39, 0.29) is 17.6 Å². The zero-order valence-electron chi connectivity index (χ0n) is 20.5. The predicted molar refractivity (Wildman–Crippen MR) is 140 cm³/mol. The number of nitrogens with zero attached hydrogens (tertiary/aromatic N) is 2. The molecule has 2 aliphatic rings. The van der Waals surface area contributed by atoms with E-state index in [0.717, 1.165) is 34.3 Å². The van der Waals surface area contributed by atoms with Crippen LogP contribution in [-0.4, -0.2) is 41.7 Å². The molecule has 3 aromatic carbocycles. The average molecular weight is 501 g/mol. The molecule has 1 amide bonds. The molecule has 2 atom stereocenters. The maximum atomic E-state index is 13.0. The molecule has 1 aliphatic heterocycles. The lowest BCUT2D eigenvalue weighted by molar-refractivity contribution is -0.118. The molecule has 4 aromatic rings. The number of alkyl halides is 2. The lowest BCUT2D eigenvalue weighted by Gasteiger charge is -2.11. The number of H-pyrrole nitrogens is 1. The molecule has 0 bridgehead atoms. The van der Waals surface area contributed by atoms with E-state index < -0.39 is 12.0 Å². The highest BCUT2D eigenvalue weighted by atomic mass is 19.3. The number of nitrogens with one attached hydrogen (secondary N) is 2. The van der Waals surface area contributed by atoms with Crippen molar-refractivity contribution in [3.63, 3.8) is 0 Å². The van der Waals surface area contributed by atoms with Crippen LogP contribution >= 0.6 is 0 Å². The van der Waals surface area contributed by atoms with Crippen LogP contribution in [0.2, 0.25) is 0 Å². The summed E-state index contributed by atoms with van der Waals surface area (Å²) < 4.78 is 30.1. The third kappa shape index (κ3) is 4.17. The van der Waals surface area contributed by atoms with Gasteiger partial charge in [-0.25, -0.2) is 0 Å². The van der Waals surface area contributed by atoms with Crippen LogP contribution in [0.15, 0.2) is 60.7 Å². The van der Waals surface area contributed by atoms with Crippen LogP contribution in [0.25, 0.3) is 23.1 Å². The topological polar surface area (TPSA) is 70.2 Å². The molecule has 37 heavy (non-hydrogen) atoms. The van der Waals surface area contributed by atoms with Crippen molar-refractivity contribution < 1.29 is 18.3 Å². The number of fused-ring (bicyclic) bond motifs is 3. The Labute approximate surface area is 212 Å². The van der Waals surface area contributed by atoms with Crippen molar-refractivity contribution in [1.82, 2.24) is 15.1 Å². The number of aromatic nitrogens is 2. The lowest BCUT2D eigenvalue weighted by atomic mass is 9.91. The van der Waals surface area contributed by atoms with E-state index >= 15 is 0 Å². The number of ether oxygens (including phenoxy) is 1. The molecule has 0 saturated heterocycles. The number of hydrogen-bond acceptors (Lipinski definition) is 4. The zero-order valence-corrected chi connectivity index (χ0v) is 20.5. The summed E-state index contributed by atoms with van der Waals surface area (Å²) in [7, 11) is 4.10. The fourth-order valence-corrected chi connectivity index (χ4v) is 5.42. The summed E-state index contributed by atoms with van der Waals surface area (Å²) in [6.45, 7) is -2.02. The van der Waals surface area contributed by atoms with Gasteiger partial charge in [-0.15, -0.1) is 0 Å². The molecule has 1 spiro atoms. The first-order chi connectivity index (χ1) is 17.8. The molecular formula is C29H26F2N4O2. The van der Waals surface area contributed by atoms with E-state index in [0.29, 0.717) is 17.7 Å². The van der Waals surface area contributed by atoms with Gasteiger partial charge in [-0.2, -0.15) is 13.9 Å². The van der Waals surface area contributed by atoms with Crippen LogP contribution in [0.5, 0.6) is 5.75 Å². The van der Waals surface area contributed by atoms with E-state index in [2.05, 4.69) is 49.4 Å². The highest BCUT2D eigenvalue weighted by molar-refractivity contribution is 6.10. The molecule has 188 valence electrons. The van der Waals surface area contributed by atoms with Gasteiger partial charge in [0, 0.05) is 23.5 Å². The van der Waals surface area contributed by atoms with Gasteiger partial charge in [-0.1, -0.05) is 42.5 Å². The van der Waals surface area contributed by atoms with Gasteiger partial charge < -0.3 is 15.0 Å². The average Bonchev–Trinajstić information content (AvgIpc) is 3.40. The summed E-state index contributed by atoms with van der Waals surface area (Å²) in [6.07, 6.45) is 4.64. The maximum absolute atomic E-state index is 13.0. The highest BCUT2D eigenvalue weighted by Crippen LogP contribution is 2.65. The number of carbonyl (C=O) groups excluding carboxylic acids is 1. The molecule has 1 fully saturated rings. The molecule has 6 rings (SSSR count).